The molecule has 0 aromatic heterocycles. The molecule has 1 N–H and O–H groups in total. The Bertz CT molecular complexity index is 596. The maximum Gasteiger partial charge on any atom is 0.0932 e. The lowest BCUT2D eigenvalue weighted by Crippen LogP contribution is -2.40. The van der Waals surface area contributed by atoms with Crippen molar-refractivity contribution in [3.63, 3.8) is 0 Å². The van der Waals surface area contributed by atoms with Crippen LogP contribution in [0.2, 0.25) is 0 Å². The van der Waals surface area contributed by atoms with E-state index in [0.29, 0.717) is 11.8 Å². The van der Waals surface area contributed by atoms with Gasteiger partial charge in [-0.05, 0) is 41.0 Å². The maximum absolute atomic E-state index is 11.5. The second-order valence-corrected chi connectivity index (χ2v) is 6.55. The Hall–Kier alpha value is -1.34. The molecule has 2 aromatic carbocycles. The van der Waals surface area contributed by atoms with Gasteiger partial charge in [0.15, 0.2) is 0 Å². The van der Waals surface area contributed by atoms with Crippen LogP contribution in [0.5, 0.6) is 0 Å². The minimum Gasteiger partial charge on any atom is -0.385 e. The van der Waals surface area contributed by atoms with Gasteiger partial charge in [-0.25, -0.2) is 0 Å². The van der Waals surface area contributed by atoms with Crippen molar-refractivity contribution in [3.05, 3.63) is 48.0 Å². The quantitative estimate of drug-likeness (QED) is 0.823. The fourth-order valence-corrected chi connectivity index (χ4v) is 4.01. The van der Waals surface area contributed by atoms with E-state index in [1.807, 2.05) is 0 Å². The van der Waals surface area contributed by atoms with Crippen LogP contribution in [0.25, 0.3) is 10.8 Å². The van der Waals surface area contributed by atoms with Crippen LogP contribution in [0.4, 0.5) is 0 Å². The average molecular weight is 268 g/mol. The molecule has 0 saturated heterocycles. The van der Waals surface area contributed by atoms with E-state index < -0.39 is 5.60 Å². The van der Waals surface area contributed by atoms with Crippen LogP contribution in [-0.2, 0) is 5.60 Å². The summed E-state index contributed by atoms with van der Waals surface area (Å²) in [6.07, 6.45) is 4.40. The largest absolute Gasteiger partial charge is 0.385 e. The van der Waals surface area contributed by atoms with E-state index in [1.165, 1.54) is 17.2 Å². The van der Waals surface area contributed by atoms with E-state index in [4.69, 9.17) is 0 Å². The summed E-state index contributed by atoms with van der Waals surface area (Å²) in [6.45, 7) is 4.48. The third kappa shape index (κ3) is 2.14. The number of hydrogen-bond donors (Lipinski definition) is 1. The highest BCUT2D eigenvalue weighted by Crippen LogP contribution is 2.46. The average Bonchev–Trinajstić information content (AvgIpc) is 2.46. The van der Waals surface area contributed by atoms with Crippen molar-refractivity contribution in [3.8, 4) is 0 Å². The third-order valence-electron chi connectivity index (χ3n) is 5.00. The fraction of sp³-hybridized carbons (Fsp3) is 0.474. The molecular weight excluding hydrogens is 244 g/mol. The van der Waals surface area contributed by atoms with Gasteiger partial charge in [-0.15, -0.1) is 0 Å². The molecule has 20 heavy (non-hydrogen) atoms. The number of rotatable bonds is 2. The van der Waals surface area contributed by atoms with Crippen molar-refractivity contribution in [2.75, 3.05) is 0 Å². The zero-order valence-electron chi connectivity index (χ0n) is 12.5. The molecule has 0 bridgehead atoms. The van der Waals surface area contributed by atoms with Gasteiger partial charge in [0.1, 0.15) is 0 Å². The normalized spacial score (nSPS) is 27.1. The number of hydrogen-bond acceptors (Lipinski definition) is 1. The van der Waals surface area contributed by atoms with Crippen LogP contribution >= 0.6 is 0 Å². The number of fused-ring (bicyclic) bond motifs is 1. The van der Waals surface area contributed by atoms with Gasteiger partial charge < -0.3 is 5.11 Å². The molecule has 2 aromatic rings. The van der Waals surface area contributed by atoms with Crippen molar-refractivity contribution < 1.29 is 5.11 Å². The summed E-state index contributed by atoms with van der Waals surface area (Å²) in [5.74, 6) is 0.876. The molecule has 1 aliphatic carbocycles. The zero-order valence-corrected chi connectivity index (χ0v) is 12.5. The van der Waals surface area contributed by atoms with Gasteiger partial charge in [-0.1, -0.05) is 69.2 Å². The molecule has 0 heterocycles. The lowest BCUT2D eigenvalue weighted by Gasteiger charge is -2.43. The minimum absolute atomic E-state index is 0.363. The van der Waals surface area contributed by atoms with E-state index in [9.17, 15) is 5.11 Å². The molecule has 0 aliphatic heterocycles. The Balaban J connectivity index is 2.17. The highest BCUT2D eigenvalue weighted by Gasteiger charge is 2.42. The molecule has 0 spiro atoms. The topological polar surface area (TPSA) is 20.2 Å². The van der Waals surface area contributed by atoms with E-state index in [2.05, 4.69) is 56.3 Å². The molecule has 1 saturated carbocycles. The second-order valence-electron chi connectivity index (χ2n) is 6.55. The van der Waals surface area contributed by atoms with Gasteiger partial charge >= 0.3 is 0 Å². The summed E-state index contributed by atoms with van der Waals surface area (Å²) < 4.78 is 0. The van der Waals surface area contributed by atoms with Crippen molar-refractivity contribution in [2.45, 2.75) is 45.1 Å². The van der Waals surface area contributed by atoms with Crippen molar-refractivity contribution in [1.82, 2.24) is 0 Å². The first-order chi connectivity index (χ1) is 9.63. The Morgan fingerprint density at radius 3 is 2.60 bits per heavy atom. The summed E-state index contributed by atoms with van der Waals surface area (Å²) in [5, 5.41) is 13.9. The van der Waals surface area contributed by atoms with Gasteiger partial charge in [0.05, 0.1) is 5.60 Å². The van der Waals surface area contributed by atoms with Gasteiger partial charge in [-0.3, -0.25) is 0 Å². The van der Waals surface area contributed by atoms with Crippen LogP contribution < -0.4 is 0 Å². The first-order valence-corrected chi connectivity index (χ1v) is 7.83. The molecule has 2 unspecified atom stereocenters. The summed E-state index contributed by atoms with van der Waals surface area (Å²) in [4.78, 5) is 0. The fourth-order valence-electron chi connectivity index (χ4n) is 4.01. The summed E-state index contributed by atoms with van der Waals surface area (Å²) in [5.41, 5.74) is 0.474. The monoisotopic (exact) mass is 268 g/mol. The number of aliphatic hydroxyl groups is 1. The van der Waals surface area contributed by atoms with Crippen molar-refractivity contribution in [1.29, 1.82) is 0 Å². The van der Waals surface area contributed by atoms with Crippen LogP contribution in [0, 0.1) is 11.8 Å². The zero-order chi connectivity index (χ0) is 14.2. The number of benzene rings is 2. The van der Waals surface area contributed by atoms with E-state index in [1.54, 1.807) is 0 Å². The highest BCUT2D eigenvalue weighted by molar-refractivity contribution is 5.86. The van der Waals surface area contributed by atoms with Gasteiger partial charge in [-0.2, -0.15) is 0 Å². The molecule has 106 valence electrons. The summed E-state index contributed by atoms with van der Waals surface area (Å²) in [6, 6.07) is 14.8. The van der Waals surface area contributed by atoms with E-state index >= 15 is 0 Å². The van der Waals surface area contributed by atoms with Crippen LogP contribution in [0.1, 0.15) is 45.1 Å². The molecule has 0 radical (unpaired) electrons. The van der Waals surface area contributed by atoms with Crippen LogP contribution in [0.3, 0.4) is 0 Å². The lowest BCUT2D eigenvalue weighted by atomic mass is 9.66. The molecule has 2 atom stereocenters. The Morgan fingerprint density at radius 1 is 1.05 bits per heavy atom. The molecule has 1 aliphatic rings. The molecule has 3 rings (SSSR count). The molecule has 1 nitrogen and oxygen atoms in total. The van der Waals surface area contributed by atoms with Gasteiger partial charge in [0.2, 0.25) is 0 Å². The Kier molecular flexibility index (Phi) is 3.55. The van der Waals surface area contributed by atoms with Crippen molar-refractivity contribution in [2.24, 2.45) is 11.8 Å². The molecular formula is C19H24O. The van der Waals surface area contributed by atoms with Crippen LogP contribution in [-0.4, -0.2) is 5.11 Å². The smallest absolute Gasteiger partial charge is 0.0932 e. The third-order valence-corrected chi connectivity index (χ3v) is 5.00. The summed E-state index contributed by atoms with van der Waals surface area (Å²) in [7, 11) is 0. The van der Waals surface area contributed by atoms with E-state index in [-0.39, 0.29) is 0 Å². The predicted octanol–water partition coefficient (Wildman–Crippen LogP) is 4.87. The van der Waals surface area contributed by atoms with E-state index in [0.717, 1.165) is 24.8 Å². The Labute approximate surface area is 121 Å². The van der Waals surface area contributed by atoms with Crippen LogP contribution in [0.15, 0.2) is 42.5 Å². The van der Waals surface area contributed by atoms with Gasteiger partial charge in [0.25, 0.3) is 0 Å². The predicted molar refractivity (Wildman–Crippen MR) is 84.6 cm³/mol. The SMILES string of the molecule is CC(C)C1CCCCC1(O)c1cccc2ccccc12. The molecule has 1 fully saturated rings. The van der Waals surface area contributed by atoms with Crippen molar-refractivity contribution >= 4 is 10.8 Å². The summed E-state index contributed by atoms with van der Waals surface area (Å²) >= 11 is 0. The lowest BCUT2D eigenvalue weighted by molar-refractivity contribution is -0.0709. The first kappa shape index (κ1) is 13.6. The molecule has 1 heteroatoms. The Morgan fingerprint density at radius 2 is 1.80 bits per heavy atom. The highest BCUT2D eigenvalue weighted by atomic mass is 16.3. The minimum atomic E-state index is -0.659. The maximum atomic E-state index is 11.5. The standard InChI is InChI=1S/C19H24O/c1-14(2)17-11-5-6-13-19(17,20)18-12-7-9-15-8-3-4-10-16(15)18/h3-4,7-10,12,14,17,20H,5-6,11,13H2,1-2H3. The molecule has 0 amide bonds. The van der Waals surface area contributed by atoms with Gasteiger partial charge in [0, 0.05) is 0 Å². The second kappa shape index (κ2) is 5.21. The first-order valence-electron chi connectivity index (χ1n) is 7.83.